The van der Waals surface area contributed by atoms with Crippen molar-refractivity contribution in [2.45, 2.75) is 76.9 Å². The van der Waals surface area contributed by atoms with Crippen molar-refractivity contribution in [3.63, 3.8) is 0 Å². The number of nitrogens with one attached hydrogen (secondary N) is 2. The first-order chi connectivity index (χ1) is 11.8. The molecule has 140 valence electrons. The minimum atomic E-state index is 0.518. The van der Waals surface area contributed by atoms with E-state index in [0.29, 0.717) is 12.1 Å². The summed E-state index contributed by atoms with van der Waals surface area (Å²) in [4.78, 5) is 6.93. The van der Waals surface area contributed by atoms with Crippen LogP contribution in [0, 0.1) is 0 Å². The first kappa shape index (κ1) is 19.5. The molecule has 1 saturated carbocycles. The molecule has 0 radical (unpaired) electrons. The molecule has 1 aliphatic heterocycles. The molecule has 2 N–H and O–H groups in total. The van der Waals surface area contributed by atoms with Crippen LogP contribution in [0.15, 0.2) is 4.99 Å². The Morgan fingerprint density at radius 3 is 2.54 bits per heavy atom. The molecule has 0 aromatic carbocycles. The highest BCUT2D eigenvalue weighted by Gasteiger charge is 2.19. The summed E-state index contributed by atoms with van der Waals surface area (Å²) in [5.41, 5.74) is 0. The summed E-state index contributed by atoms with van der Waals surface area (Å²) in [5.74, 6) is 0.946. The Balaban J connectivity index is 1.52. The summed E-state index contributed by atoms with van der Waals surface area (Å²) in [7, 11) is 1.86. The Morgan fingerprint density at radius 2 is 1.88 bits per heavy atom. The monoisotopic (exact) mass is 338 g/mol. The van der Waals surface area contributed by atoms with E-state index in [-0.39, 0.29) is 0 Å². The van der Waals surface area contributed by atoms with Crippen LogP contribution in [0.2, 0.25) is 0 Å². The summed E-state index contributed by atoms with van der Waals surface area (Å²) in [5, 5.41) is 7.02. The smallest absolute Gasteiger partial charge is 0.191 e. The van der Waals surface area contributed by atoms with Crippen molar-refractivity contribution in [3.05, 3.63) is 0 Å². The lowest BCUT2D eigenvalue weighted by Crippen LogP contribution is -2.49. The van der Waals surface area contributed by atoms with Gasteiger partial charge in [0.25, 0.3) is 0 Å². The van der Waals surface area contributed by atoms with Crippen molar-refractivity contribution in [3.8, 4) is 0 Å². The van der Waals surface area contributed by atoms with E-state index in [4.69, 9.17) is 4.74 Å². The summed E-state index contributed by atoms with van der Waals surface area (Å²) in [6, 6.07) is 0.558. The minimum Gasteiger partial charge on any atom is -0.378 e. The highest BCUT2D eigenvalue weighted by Crippen LogP contribution is 2.20. The number of hydrogen-bond acceptors (Lipinski definition) is 3. The molecule has 1 saturated heterocycles. The van der Waals surface area contributed by atoms with E-state index in [2.05, 4.69) is 27.4 Å². The van der Waals surface area contributed by atoms with Crippen LogP contribution >= 0.6 is 0 Å². The standard InChI is InChI=1S/C19H38N4O/c1-3-13-23-14-10-17(11-15-23)22-19(20-2)21-12-7-16-24-18-8-5-4-6-9-18/h17-18H,3-16H2,1-2H3,(H2,20,21,22). The quantitative estimate of drug-likeness (QED) is 0.406. The molecule has 1 aliphatic carbocycles. The Labute approximate surface area is 148 Å². The molecule has 0 spiro atoms. The molecule has 5 heteroatoms. The SMILES string of the molecule is CCCN1CCC(NC(=NC)NCCCOC2CCCCC2)CC1. The second-order valence-corrected chi connectivity index (χ2v) is 7.24. The van der Waals surface area contributed by atoms with Crippen molar-refractivity contribution in [1.82, 2.24) is 15.5 Å². The number of hydrogen-bond donors (Lipinski definition) is 2. The van der Waals surface area contributed by atoms with Crippen molar-refractivity contribution in [2.75, 3.05) is 39.8 Å². The zero-order valence-corrected chi connectivity index (χ0v) is 15.9. The summed E-state index contributed by atoms with van der Waals surface area (Å²) in [6.45, 7) is 7.70. The van der Waals surface area contributed by atoms with Gasteiger partial charge in [0.05, 0.1) is 6.10 Å². The van der Waals surface area contributed by atoms with Gasteiger partial charge >= 0.3 is 0 Å². The average Bonchev–Trinajstić information content (AvgIpc) is 2.63. The third-order valence-corrected chi connectivity index (χ3v) is 5.21. The first-order valence-electron chi connectivity index (χ1n) is 10.1. The van der Waals surface area contributed by atoms with E-state index in [1.807, 2.05) is 7.05 Å². The van der Waals surface area contributed by atoms with Crippen LogP contribution in [0.5, 0.6) is 0 Å². The number of aliphatic imine (C=N–C) groups is 1. The van der Waals surface area contributed by atoms with E-state index in [0.717, 1.165) is 25.5 Å². The molecule has 0 unspecified atom stereocenters. The van der Waals surface area contributed by atoms with Gasteiger partial charge in [-0.2, -0.15) is 0 Å². The number of rotatable bonds is 8. The van der Waals surface area contributed by atoms with Crippen LogP contribution < -0.4 is 10.6 Å². The minimum absolute atomic E-state index is 0.518. The zero-order chi connectivity index (χ0) is 17.0. The van der Waals surface area contributed by atoms with Crippen LogP contribution in [0.4, 0.5) is 0 Å². The van der Waals surface area contributed by atoms with Gasteiger partial charge in [0, 0.05) is 39.3 Å². The molecule has 0 atom stereocenters. The van der Waals surface area contributed by atoms with Crippen LogP contribution in [0.1, 0.15) is 64.7 Å². The molecular formula is C19H38N4O. The van der Waals surface area contributed by atoms with E-state index in [1.165, 1.54) is 71.0 Å². The normalized spacial score (nSPS) is 21.8. The highest BCUT2D eigenvalue weighted by atomic mass is 16.5. The highest BCUT2D eigenvalue weighted by molar-refractivity contribution is 5.79. The molecule has 2 rings (SSSR count). The Bertz CT molecular complexity index is 347. The average molecular weight is 339 g/mol. The van der Waals surface area contributed by atoms with Gasteiger partial charge in [0.2, 0.25) is 0 Å². The summed E-state index contributed by atoms with van der Waals surface area (Å²) in [6.07, 6.45) is 11.8. The summed E-state index contributed by atoms with van der Waals surface area (Å²) < 4.78 is 5.98. The van der Waals surface area contributed by atoms with Gasteiger partial charge in [0.15, 0.2) is 5.96 Å². The molecule has 0 amide bonds. The predicted molar refractivity (Wildman–Crippen MR) is 102 cm³/mol. The molecule has 24 heavy (non-hydrogen) atoms. The fourth-order valence-electron chi connectivity index (χ4n) is 3.77. The van der Waals surface area contributed by atoms with Crippen molar-refractivity contribution < 1.29 is 4.74 Å². The van der Waals surface area contributed by atoms with Crippen molar-refractivity contribution >= 4 is 5.96 Å². The van der Waals surface area contributed by atoms with Gasteiger partial charge in [-0.1, -0.05) is 26.2 Å². The van der Waals surface area contributed by atoms with Crippen molar-refractivity contribution in [2.24, 2.45) is 4.99 Å². The zero-order valence-electron chi connectivity index (χ0n) is 15.9. The Kier molecular flexibility index (Phi) is 9.51. The molecule has 0 bridgehead atoms. The number of guanidine groups is 1. The van der Waals surface area contributed by atoms with E-state index >= 15 is 0 Å². The molecular weight excluding hydrogens is 300 g/mol. The van der Waals surface area contributed by atoms with Crippen LogP contribution in [0.3, 0.4) is 0 Å². The largest absolute Gasteiger partial charge is 0.378 e. The Morgan fingerprint density at radius 1 is 1.12 bits per heavy atom. The first-order valence-corrected chi connectivity index (χ1v) is 10.1. The second-order valence-electron chi connectivity index (χ2n) is 7.24. The van der Waals surface area contributed by atoms with E-state index in [1.54, 1.807) is 0 Å². The Hall–Kier alpha value is -0.810. The van der Waals surface area contributed by atoms with Crippen LogP contribution in [-0.4, -0.2) is 62.8 Å². The maximum absolute atomic E-state index is 5.98. The fraction of sp³-hybridized carbons (Fsp3) is 0.947. The van der Waals surface area contributed by atoms with Crippen molar-refractivity contribution in [1.29, 1.82) is 0 Å². The third-order valence-electron chi connectivity index (χ3n) is 5.21. The van der Waals surface area contributed by atoms with Gasteiger partial charge in [0.1, 0.15) is 0 Å². The number of nitrogens with zero attached hydrogens (tertiary/aromatic N) is 2. The lowest BCUT2D eigenvalue weighted by molar-refractivity contribution is 0.0277. The fourth-order valence-corrected chi connectivity index (χ4v) is 3.77. The topological polar surface area (TPSA) is 48.9 Å². The van der Waals surface area contributed by atoms with E-state index < -0.39 is 0 Å². The van der Waals surface area contributed by atoms with E-state index in [9.17, 15) is 0 Å². The predicted octanol–water partition coefficient (Wildman–Crippen LogP) is 2.77. The maximum atomic E-state index is 5.98. The van der Waals surface area contributed by atoms with Gasteiger partial charge in [-0.05, 0) is 45.1 Å². The number of ether oxygens (including phenoxy) is 1. The molecule has 0 aromatic heterocycles. The molecule has 0 aromatic rings. The molecule has 2 aliphatic rings. The van der Waals surface area contributed by atoms with Gasteiger partial charge in [-0.15, -0.1) is 0 Å². The number of likely N-dealkylation sites (tertiary alicyclic amines) is 1. The van der Waals surface area contributed by atoms with Crippen LogP contribution in [0.25, 0.3) is 0 Å². The number of piperidine rings is 1. The molecule has 5 nitrogen and oxygen atoms in total. The van der Waals surface area contributed by atoms with Gasteiger partial charge in [-0.25, -0.2) is 0 Å². The lowest BCUT2D eigenvalue weighted by atomic mass is 9.98. The summed E-state index contributed by atoms with van der Waals surface area (Å²) >= 11 is 0. The maximum Gasteiger partial charge on any atom is 0.191 e. The lowest BCUT2D eigenvalue weighted by Gasteiger charge is -2.32. The van der Waals surface area contributed by atoms with Gasteiger partial charge < -0.3 is 20.3 Å². The van der Waals surface area contributed by atoms with Gasteiger partial charge in [-0.3, -0.25) is 4.99 Å². The van der Waals surface area contributed by atoms with Crippen LogP contribution in [-0.2, 0) is 4.74 Å². The molecule has 2 fully saturated rings. The third kappa shape index (κ3) is 7.39. The second kappa shape index (κ2) is 11.7. The molecule has 1 heterocycles.